The van der Waals surface area contributed by atoms with Gasteiger partial charge in [-0.15, -0.1) is 0 Å². The number of benzene rings is 1. The number of rotatable bonds is 4. The fourth-order valence-electron chi connectivity index (χ4n) is 1.35. The predicted octanol–water partition coefficient (Wildman–Crippen LogP) is 1.86. The Morgan fingerprint density at radius 2 is 2.14 bits per heavy atom. The van der Waals surface area contributed by atoms with Crippen LogP contribution in [-0.4, -0.2) is 17.8 Å². The average molecular weight is 197 g/mol. The van der Waals surface area contributed by atoms with E-state index in [2.05, 4.69) is 5.32 Å². The van der Waals surface area contributed by atoms with Crippen LogP contribution in [0.15, 0.2) is 24.3 Å². The average Bonchev–Trinajstić information content (AvgIpc) is 2.17. The van der Waals surface area contributed by atoms with E-state index in [0.717, 1.165) is 5.56 Å². The molecular formula is C11H16FNO. The Hall–Kier alpha value is -0.930. The van der Waals surface area contributed by atoms with Crippen LogP contribution in [0.25, 0.3) is 0 Å². The topological polar surface area (TPSA) is 32.3 Å². The molecule has 0 saturated heterocycles. The molecule has 0 saturated carbocycles. The van der Waals surface area contributed by atoms with Gasteiger partial charge in [-0.05, 0) is 31.5 Å². The molecule has 3 heteroatoms. The molecule has 1 aromatic carbocycles. The van der Waals surface area contributed by atoms with Crippen LogP contribution in [0.4, 0.5) is 4.39 Å². The summed E-state index contributed by atoms with van der Waals surface area (Å²) in [6.45, 7) is 3.91. The number of halogens is 1. The minimum atomic E-state index is -0.229. The van der Waals surface area contributed by atoms with Crippen molar-refractivity contribution in [1.29, 1.82) is 0 Å². The summed E-state index contributed by atoms with van der Waals surface area (Å²) in [6.07, 6.45) is 0. The summed E-state index contributed by atoms with van der Waals surface area (Å²) in [5, 5.41) is 12.0. The van der Waals surface area contributed by atoms with Crippen molar-refractivity contribution in [2.75, 3.05) is 6.61 Å². The van der Waals surface area contributed by atoms with E-state index in [1.165, 1.54) is 12.1 Å². The highest BCUT2D eigenvalue weighted by Gasteiger charge is 2.08. The molecule has 0 radical (unpaired) electrons. The minimum absolute atomic E-state index is 0.0215. The quantitative estimate of drug-likeness (QED) is 0.772. The molecule has 0 bridgehead atoms. The molecule has 0 fully saturated rings. The summed E-state index contributed by atoms with van der Waals surface area (Å²) in [5.41, 5.74) is 0.894. The lowest BCUT2D eigenvalue weighted by Gasteiger charge is -2.18. The molecule has 14 heavy (non-hydrogen) atoms. The number of aliphatic hydroxyl groups is 1. The lowest BCUT2D eigenvalue weighted by atomic mass is 10.1. The van der Waals surface area contributed by atoms with Gasteiger partial charge in [0.15, 0.2) is 0 Å². The highest BCUT2D eigenvalue weighted by Crippen LogP contribution is 2.13. The van der Waals surface area contributed by atoms with Crippen LogP contribution in [-0.2, 0) is 0 Å². The molecule has 2 atom stereocenters. The highest BCUT2D eigenvalue weighted by molar-refractivity contribution is 5.19. The van der Waals surface area contributed by atoms with Gasteiger partial charge < -0.3 is 10.4 Å². The first-order valence-corrected chi connectivity index (χ1v) is 4.76. The molecule has 2 nitrogen and oxygen atoms in total. The zero-order chi connectivity index (χ0) is 10.6. The van der Waals surface area contributed by atoms with Crippen molar-refractivity contribution in [2.45, 2.75) is 25.9 Å². The van der Waals surface area contributed by atoms with Crippen molar-refractivity contribution in [3.8, 4) is 0 Å². The molecule has 0 aliphatic heterocycles. The van der Waals surface area contributed by atoms with Crippen molar-refractivity contribution in [1.82, 2.24) is 5.32 Å². The summed E-state index contributed by atoms with van der Waals surface area (Å²) in [6, 6.07) is 6.55. The number of nitrogens with one attached hydrogen (secondary N) is 1. The van der Waals surface area contributed by atoms with Gasteiger partial charge in [0.1, 0.15) is 5.82 Å². The number of hydrogen-bond acceptors (Lipinski definition) is 2. The van der Waals surface area contributed by atoms with E-state index < -0.39 is 0 Å². The molecule has 0 amide bonds. The largest absolute Gasteiger partial charge is 0.395 e. The predicted molar refractivity (Wildman–Crippen MR) is 54.5 cm³/mol. The van der Waals surface area contributed by atoms with Crippen molar-refractivity contribution in [3.05, 3.63) is 35.6 Å². The lowest BCUT2D eigenvalue weighted by molar-refractivity contribution is 0.243. The maximum atomic E-state index is 12.9. The first-order valence-electron chi connectivity index (χ1n) is 4.76. The summed E-state index contributed by atoms with van der Waals surface area (Å²) in [7, 11) is 0. The second-order valence-corrected chi connectivity index (χ2v) is 3.53. The second kappa shape index (κ2) is 5.08. The molecule has 0 aliphatic rings. The zero-order valence-electron chi connectivity index (χ0n) is 8.50. The third-order valence-corrected chi connectivity index (χ3v) is 2.16. The summed E-state index contributed by atoms with van der Waals surface area (Å²) in [4.78, 5) is 0. The molecule has 0 spiro atoms. The fraction of sp³-hybridized carbons (Fsp3) is 0.455. The third kappa shape index (κ3) is 3.09. The normalized spacial score (nSPS) is 15.1. The first-order chi connectivity index (χ1) is 6.63. The Balaban J connectivity index is 2.64. The van der Waals surface area contributed by atoms with Crippen molar-refractivity contribution in [2.24, 2.45) is 0 Å². The van der Waals surface area contributed by atoms with Crippen LogP contribution >= 0.6 is 0 Å². The molecule has 1 aromatic rings. The van der Waals surface area contributed by atoms with Crippen LogP contribution in [0.5, 0.6) is 0 Å². The third-order valence-electron chi connectivity index (χ3n) is 2.16. The Morgan fingerprint density at radius 1 is 1.43 bits per heavy atom. The van der Waals surface area contributed by atoms with E-state index in [9.17, 15) is 4.39 Å². The van der Waals surface area contributed by atoms with Crippen LogP contribution in [0, 0.1) is 5.82 Å². The van der Waals surface area contributed by atoms with Gasteiger partial charge in [0, 0.05) is 12.1 Å². The second-order valence-electron chi connectivity index (χ2n) is 3.53. The van der Waals surface area contributed by atoms with Crippen LogP contribution < -0.4 is 5.32 Å². The van der Waals surface area contributed by atoms with Gasteiger partial charge in [-0.25, -0.2) is 4.39 Å². The molecular weight excluding hydrogens is 181 g/mol. The maximum Gasteiger partial charge on any atom is 0.123 e. The molecule has 0 aromatic heterocycles. The van der Waals surface area contributed by atoms with E-state index in [1.54, 1.807) is 6.07 Å². The van der Waals surface area contributed by atoms with Gasteiger partial charge >= 0.3 is 0 Å². The van der Waals surface area contributed by atoms with Gasteiger partial charge in [-0.1, -0.05) is 12.1 Å². The molecule has 78 valence electrons. The molecule has 0 heterocycles. The Morgan fingerprint density at radius 3 is 2.71 bits per heavy atom. The number of hydrogen-bond donors (Lipinski definition) is 2. The standard InChI is InChI=1S/C11H16FNO/c1-8(7-14)13-9(2)10-4-3-5-11(12)6-10/h3-6,8-9,13-14H,7H2,1-2H3/t8-,9?/m0/s1. The Bertz CT molecular complexity index is 290. The van der Waals surface area contributed by atoms with Crippen LogP contribution in [0.2, 0.25) is 0 Å². The molecule has 2 N–H and O–H groups in total. The van der Waals surface area contributed by atoms with Crippen LogP contribution in [0.1, 0.15) is 25.5 Å². The maximum absolute atomic E-state index is 12.9. The van der Waals surface area contributed by atoms with Gasteiger partial charge in [-0.2, -0.15) is 0 Å². The van der Waals surface area contributed by atoms with Crippen molar-refractivity contribution >= 4 is 0 Å². The minimum Gasteiger partial charge on any atom is -0.395 e. The molecule has 0 aliphatic carbocycles. The summed E-state index contributed by atoms with van der Waals surface area (Å²) < 4.78 is 12.9. The molecule has 1 unspecified atom stereocenters. The van der Waals surface area contributed by atoms with Crippen molar-refractivity contribution in [3.63, 3.8) is 0 Å². The van der Waals surface area contributed by atoms with Gasteiger partial charge in [0.2, 0.25) is 0 Å². The highest BCUT2D eigenvalue weighted by atomic mass is 19.1. The summed E-state index contributed by atoms with van der Waals surface area (Å²) in [5.74, 6) is -0.229. The van der Waals surface area contributed by atoms with Crippen LogP contribution in [0.3, 0.4) is 0 Å². The molecule has 1 rings (SSSR count). The van der Waals surface area contributed by atoms with E-state index in [-0.39, 0.29) is 24.5 Å². The van der Waals surface area contributed by atoms with Gasteiger partial charge in [0.05, 0.1) is 6.61 Å². The summed E-state index contributed by atoms with van der Waals surface area (Å²) >= 11 is 0. The monoisotopic (exact) mass is 197 g/mol. The smallest absolute Gasteiger partial charge is 0.123 e. The number of aliphatic hydroxyl groups excluding tert-OH is 1. The Kier molecular flexibility index (Phi) is 4.04. The van der Waals surface area contributed by atoms with E-state index >= 15 is 0 Å². The fourth-order valence-corrected chi connectivity index (χ4v) is 1.35. The van der Waals surface area contributed by atoms with Gasteiger partial charge in [0.25, 0.3) is 0 Å². The van der Waals surface area contributed by atoms with Crippen molar-refractivity contribution < 1.29 is 9.50 Å². The zero-order valence-corrected chi connectivity index (χ0v) is 8.50. The SMILES string of the molecule is CC(N[C@@H](C)CO)c1cccc(F)c1. The lowest BCUT2D eigenvalue weighted by Crippen LogP contribution is -2.31. The Labute approximate surface area is 83.8 Å². The first kappa shape index (κ1) is 11.1. The van der Waals surface area contributed by atoms with E-state index in [4.69, 9.17) is 5.11 Å². The van der Waals surface area contributed by atoms with E-state index in [0.29, 0.717) is 0 Å². The van der Waals surface area contributed by atoms with E-state index in [1.807, 2.05) is 19.9 Å². The van der Waals surface area contributed by atoms with Gasteiger partial charge in [-0.3, -0.25) is 0 Å².